The summed E-state index contributed by atoms with van der Waals surface area (Å²) < 4.78 is 26.5. The third-order valence-corrected chi connectivity index (χ3v) is 3.91. The summed E-state index contributed by atoms with van der Waals surface area (Å²) in [5.74, 6) is -0.0526. The van der Waals surface area contributed by atoms with Gasteiger partial charge in [0, 0.05) is 36.1 Å². The Kier molecular flexibility index (Phi) is 5.36. The molecule has 0 bridgehead atoms. The van der Waals surface area contributed by atoms with Gasteiger partial charge in [-0.3, -0.25) is 4.79 Å². The zero-order valence-electron chi connectivity index (χ0n) is 14.2. The molecule has 0 fully saturated rings. The van der Waals surface area contributed by atoms with Gasteiger partial charge in [0.25, 0.3) is 5.56 Å². The Balaban J connectivity index is 1.64. The smallest absolute Gasteiger partial charge is 0.251 e. The first kappa shape index (κ1) is 17.7. The highest BCUT2D eigenvalue weighted by Crippen LogP contribution is 2.15. The molecule has 0 atom stereocenters. The molecule has 3 rings (SSSR count). The summed E-state index contributed by atoms with van der Waals surface area (Å²) in [6, 6.07) is 8.58. The molecule has 0 aliphatic rings. The zero-order valence-corrected chi connectivity index (χ0v) is 14.2. The minimum Gasteiger partial charge on any atom is -0.370 e. The number of aryl methyl sites for hydroxylation is 1. The van der Waals surface area contributed by atoms with Gasteiger partial charge in [-0.15, -0.1) is 0 Å². The van der Waals surface area contributed by atoms with Crippen molar-refractivity contribution in [2.75, 3.05) is 11.9 Å². The van der Waals surface area contributed by atoms with E-state index in [9.17, 15) is 13.6 Å². The molecular formula is C19H18F2N4O. The molecule has 134 valence electrons. The Morgan fingerprint density at radius 1 is 1.15 bits per heavy atom. The van der Waals surface area contributed by atoms with Crippen molar-refractivity contribution in [3.8, 4) is 11.4 Å². The van der Waals surface area contributed by atoms with Crippen molar-refractivity contribution < 1.29 is 8.78 Å². The van der Waals surface area contributed by atoms with Crippen molar-refractivity contribution >= 4 is 5.82 Å². The van der Waals surface area contributed by atoms with Crippen LogP contribution in [0.2, 0.25) is 0 Å². The van der Waals surface area contributed by atoms with Crippen LogP contribution < -0.4 is 10.9 Å². The standard InChI is InChI=1S/C19H18F2N4O/c1-2-15-10-18(26)25-19(24-15)13-4-6-17(23-11-13)22-8-7-12-3-5-14(20)9-16(12)21/h3-6,9-11H,2,7-8H2,1H3,(H,22,23)(H,24,25,26). The van der Waals surface area contributed by atoms with E-state index in [-0.39, 0.29) is 5.56 Å². The lowest BCUT2D eigenvalue weighted by Crippen LogP contribution is -2.10. The number of aromatic nitrogens is 3. The number of rotatable bonds is 6. The fraction of sp³-hybridized carbons (Fsp3) is 0.211. The molecule has 2 heterocycles. The average Bonchev–Trinajstić information content (AvgIpc) is 2.63. The molecule has 0 unspecified atom stereocenters. The van der Waals surface area contributed by atoms with Gasteiger partial charge in [0.15, 0.2) is 0 Å². The number of benzene rings is 1. The monoisotopic (exact) mass is 356 g/mol. The van der Waals surface area contributed by atoms with Gasteiger partial charge in [-0.05, 0) is 36.6 Å². The number of aromatic amines is 1. The third kappa shape index (κ3) is 4.30. The Labute approximate surface area is 149 Å². The van der Waals surface area contributed by atoms with E-state index in [1.807, 2.05) is 6.92 Å². The van der Waals surface area contributed by atoms with Crippen LogP contribution in [0.1, 0.15) is 18.2 Å². The molecule has 0 spiro atoms. The van der Waals surface area contributed by atoms with E-state index in [0.29, 0.717) is 47.8 Å². The van der Waals surface area contributed by atoms with Gasteiger partial charge in [-0.2, -0.15) is 0 Å². The van der Waals surface area contributed by atoms with Crippen molar-refractivity contribution in [3.63, 3.8) is 0 Å². The molecule has 0 amide bonds. The molecule has 1 aromatic carbocycles. The van der Waals surface area contributed by atoms with E-state index >= 15 is 0 Å². The van der Waals surface area contributed by atoms with Gasteiger partial charge in [0.2, 0.25) is 0 Å². The maximum absolute atomic E-state index is 13.6. The maximum Gasteiger partial charge on any atom is 0.251 e. The number of nitrogens with one attached hydrogen (secondary N) is 2. The van der Waals surface area contributed by atoms with Crippen LogP contribution in [0.25, 0.3) is 11.4 Å². The van der Waals surface area contributed by atoms with Gasteiger partial charge in [0.1, 0.15) is 23.3 Å². The Hall–Kier alpha value is -3.09. The number of pyridine rings is 1. The first-order valence-corrected chi connectivity index (χ1v) is 8.29. The van der Waals surface area contributed by atoms with Crippen LogP contribution in [0.15, 0.2) is 47.4 Å². The SMILES string of the molecule is CCc1cc(=O)[nH]c(-c2ccc(NCCc3ccc(F)cc3F)nc2)n1. The highest BCUT2D eigenvalue weighted by atomic mass is 19.1. The van der Waals surface area contributed by atoms with Crippen LogP contribution in [-0.4, -0.2) is 21.5 Å². The van der Waals surface area contributed by atoms with E-state index in [1.54, 1.807) is 18.3 Å². The van der Waals surface area contributed by atoms with Crippen molar-refractivity contribution in [2.45, 2.75) is 19.8 Å². The van der Waals surface area contributed by atoms with Crippen molar-refractivity contribution in [1.82, 2.24) is 15.0 Å². The van der Waals surface area contributed by atoms with Gasteiger partial charge < -0.3 is 10.3 Å². The minimum absolute atomic E-state index is 0.199. The lowest BCUT2D eigenvalue weighted by Gasteiger charge is -2.08. The van der Waals surface area contributed by atoms with Crippen LogP contribution in [0.3, 0.4) is 0 Å². The predicted octanol–water partition coefficient (Wildman–Crippen LogP) is 3.33. The number of hydrogen-bond acceptors (Lipinski definition) is 4. The quantitative estimate of drug-likeness (QED) is 0.711. The van der Waals surface area contributed by atoms with Gasteiger partial charge in [-0.25, -0.2) is 18.7 Å². The summed E-state index contributed by atoms with van der Waals surface area (Å²) in [6.45, 7) is 2.38. The second kappa shape index (κ2) is 7.86. The van der Waals surface area contributed by atoms with E-state index in [0.717, 1.165) is 6.07 Å². The molecule has 5 nitrogen and oxygen atoms in total. The Bertz CT molecular complexity index is 954. The zero-order chi connectivity index (χ0) is 18.5. The second-order valence-corrected chi connectivity index (χ2v) is 5.78. The molecule has 26 heavy (non-hydrogen) atoms. The number of halogens is 2. The molecular weight excluding hydrogens is 338 g/mol. The largest absolute Gasteiger partial charge is 0.370 e. The fourth-order valence-electron chi connectivity index (χ4n) is 2.51. The van der Waals surface area contributed by atoms with Crippen LogP contribution in [0.5, 0.6) is 0 Å². The Morgan fingerprint density at radius 3 is 2.69 bits per heavy atom. The maximum atomic E-state index is 13.6. The summed E-state index contributed by atoms with van der Waals surface area (Å²) >= 11 is 0. The van der Waals surface area contributed by atoms with Crippen molar-refractivity contribution in [2.24, 2.45) is 0 Å². The average molecular weight is 356 g/mol. The number of hydrogen-bond donors (Lipinski definition) is 2. The molecule has 7 heteroatoms. The molecule has 0 aliphatic heterocycles. The van der Waals surface area contributed by atoms with E-state index in [4.69, 9.17) is 0 Å². The van der Waals surface area contributed by atoms with E-state index in [2.05, 4.69) is 20.3 Å². The predicted molar refractivity (Wildman–Crippen MR) is 96.0 cm³/mol. The summed E-state index contributed by atoms with van der Waals surface area (Å²) in [5.41, 5.74) is 1.66. The third-order valence-electron chi connectivity index (χ3n) is 3.91. The molecule has 0 saturated heterocycles. The topological polar surface area (TPSA) is 70.7 Å². The van der Waals surface area contributed by atoms with Gasteiger partial charge >= 0.3 is 0 Å². The van der Waals surface area contributed by atoms with Crippen LogP contribution in [0, 0.1) is 11.6 Å². The second-order valence-electron chi connectivity index (χ2n) is 5.78. The summed E-state index contributed by atoms with van der Waals surface area (Å²) in [7, 11) is 0. The first-order chi connectivity index (χ1) is 12.5. The fourth-order valence-corrected chi connectivity index (χ4v) is 2.51. The van der Waals surface area contributed by atoms with Crippen LogP contribution in [0.4, 0.5) is 14.6 Å². The molecule has 2 aromatic heterocycles. The van der Waals surface area contributed by atoms with Crippen LogP contribution in [-0.2, 0) is 12.8 Å². The molecule has 2 N–H and O–H groups in total. The Morgan fingerprint density at radius 2 is 2.00 bits per heavy atom. The van der Waals surface area contributed by atoms with E-state index in [1.165, 1.54) is 18.2 Å². The molecule has 0 aliphatic carbocycles. The summed E-state index contributed by atoms with van der Waals surface area (Å²) in [5, 5.41) is 3.08. The van der Waals surface area contributed by atoms with Crippen molar-refractivity contribution in [1.29, 1.82) is 0 Å². The minimum atomic E-state index is -0.588. The molecule has 3 aromatic rings. The highest BCUT2D eigenvalue weighted by Gasteiger charge is 2.06. The van der Waals surface area contributed by atoms with Crippen LogP contribution >= 0.6 is 0 Å². The lowest BCUT2D eigenvalue weighted by molar-refractivity contribution is 0.572. The van der Waals surface area contributed by atoms with Gasteiger partial charge in [0.05, 0.1) is 0 Å². The number of nitrogens with zero attached hydrogens (tertiary/aromatic N) is 2. The first-order valence-electron chi connectivity index (χ1n) is 8.29. The van der Waals surface area contributed by atoms with E-state index < -0.39 is 11.6 Å². The normalized spacial score (nSPS) is 10.7. The van der Waals surface area contributed by atoms with Gasteiger partial charge in [-0.1, -0.05) is 13.0 Å². The number of H-pyrrole nitrogens is 1. The van der Waals surface area contributed by atoms with Crippen molar-refractivity contribution in [3.05, 3.63) is 75.8 Å². The molecule has 0 saturated carbocycles. The summed E-state index contributed by atoms with van der Waals surface area (Å²) in [4.78, 5) is 23.0. The molecule has 0 radical (unpaired) electrons. The summed E-state index contributed by atoms with van der Waals surface area (Å²) in [6.07, 6.45) is 2.69. The lowest BCUT2D eigenvalue weighted by atomic mass is 10.1. The highest BCUT2D eigenvalue weighted by molar-refractivity contribution is 5.55. The number of anilines is 1.